The van der Waals surface area contributed by atoms with E-state index in [1.54, 1.807) is 30.3 Å². The normalized spacial score (nSPS) is 11.7. The van der Waals surface area contributed by atoms with Crippen LogP contribution in [0.3, 0.4) is 0 Å². The number of esters is 1. The zero-order valence-electron chi connectivity index (χ0n) is 21.1. The lowest BCUT2D eigenvalue weighted by atomic mass is 10.0. The number of anilines is 1. The van der Waals surface area contributed by atoms with Gasteiger partial charge in [0.1, 0.15) is 0 Å². The van der Waals surface area contributed by atoms with Gasteiger partial charge in [-0.1, -0.05) is 49.4 Å². The topological polar surface area (TPSA) is 115 Å². The molecule has 0 saturated carbocycles. The van der Waals surface area contributed by atoms with E-state index in [-0.39, 0.29) is 29.5 Å². The van der Waals surface area contributed by atoms with E-state index in [0.717, 1.165) is 5.56 Å². The van der Waals surface area contributed by atoms with Crippen molar-refractivity contribution in [2.24, 2.45) is 5.92 Å². The third-order valence-electron chi connectivity index (χ3n) is 5.47. The van der Waals surface area contributed by atoms with Gasteiger partial charge in [-0.2, -0.15) is 0 Å². The average molecular weight is 510 g/mol. The van der Waals surface area contributed by atoms with E-state index < -0.39 is 5.97 Å². The second kappa shape index (κ2) is 12.3. The summed E-state index contributed by atoms with van der Waals surface area (Å²) in [7, 11) is 1.31. The summed E-state index contributed by atoms with van der Waals surface area (Å²) in [4.78, 5) is 37.2. The van der Waals surface area contributed by atoms with Gasteiger partial charge in [-0.3, -0.25) is 9.59 Å². The highest BCUT2D eigenvalue weighted by molar-refractivity contribution is 7.99. The molecule has 0 aliphatic heterocycles. The summed E-state index contributed by atoms with van der Waals surface area (Å²) in [6.45, 7) is 8.52. The van der Waals surface area contributed by atoms with Crippen molar-refractivity contribution in [2.45, 2.75) is 45.4 Å². The fraction of sp³-hybridized carbons (Fsp3) is 0.346. The first-order valence-corrected chi connectivity index (χ1v) is 12.6. The molecular weight excluding hydrogens is 478 g/mol. The molecule has 0 radical (unpaired) electrons. The zero-order valence-corrected chi connectivity index (χ0v) is 21.9. The number of hydrogen-bond donors (Lipinski definition) is 2. The van der Waals surface area contributed by atoms with E-state index in [4.69, 9.17) is 4.74 Å². The van der Waals surface area contributed by atoms with E-state index in [2.05, 4.69) is 20.8 Å². The van der Waals surface area contributed by atoms with E-state index in [9.17, 15) is 14.4 Å². The van der Waals surface area contributed by atoms with Gasteiger partial charge >= 0.3 is 5.97 Å². The molecule has 190 valence electrons. The number of carbonyl (C=O) groups is 3. The third kappa shape index (κ3) is 6.72. The minimum absolute atomic E-state index is 0.0662. The van der Waals surface area contributed by atoms with Crippen LogP contribution in [-0.4, -0.2) is 45.4 Å². The van der Waals surface area contributed by atoms with Crippen LogP contribution < -0.4 is 10.6 Å². The summed E-state index contributed by atoms with van der Waals surface area (Å²) in [6, 6.07) is 13.6. The number of aryl methyl sites for hydroxylation is 1. The number of carbonyl (C=O) groups excluding carboxylic acids is 3. The van der Waals surface area contributed by atoms with Crippen molar-refractivity contribution in [2.75, 3.05) is 18.2 Å². The molecule has 1 aromatic heterocycles. The highest BCUT2D eigenvalue weighted by atomic mass is 32.2. The van der Waals surface area contributed by atoms with Gasteiger partial charge in [-0.15, -0.1) is 10.2 Å². The van der Waals surface area contributed by atoms with E-state index in [1.807, 2.05) is 50.5 Å². The van der Waals surface area contributed by atoms with Gasteiger partial charge in [0.25, 0.3) is 5.91 Å². The van der Waals surface area contributed by atoms with Crippen molar-refractivity contribution < 1.29 is 19.1 Å². The average Bonchev–Trinajstić information content (AvgIpc) is 3.27. The minimum Gasteiger partial charge on any atom is -0.465 e. The third-order valence-corrected chi connectivity index (χ3v) is 6.44. The summed E-state index contributed by atoms with van der Waals surface area (Å²) in [5.74, 6) is -0.0899. The maximum Gasteiger partial charge on any atom is 0.337 e. The van der Waals surface area contributed by atoms with Gasteiger partial charge in [-0.05, 0) is 50.1 Å². The Kier molecular flexibility index (Phi) is 9.24. The summed E-state index contributed by atoms with van der Waals surface area (Å²) < 4.78 is 6.63. The fourth-order valence-electron chi connectivity index (χ4n) is 3.64. The van der Waals surface area contributed by atoms with Gasteiger partial charge in [0.05, 0.1) is 24.5 Å². The van der Waals surface area contributed by atoms with Crippen LogP contribution in [0.4, 0.5) is 5.69 Å². The SMILES string of the molecule is CCn1c(SCC(=O)Nc2cccc(C(=O)OC)c2)nnc1[C@H](NC(=O)c1cccc(C)c1)C(C)C. The molecule has 2 amide bonds. The van der Waals surface area contributed by atoms with Gasteiger partial charge < -0.3 is 19.9 Å². The van der Waals surface area contributed by atoms with Gasteiger partial charge in [-0.25, -0.2) is 4.79 Å². The number of rotatable bonds is 10. The summed E-state index contributed by atoms with van der Waals surface area (Å²) >= 11 is 1.25. The standard InChI is InChI=1S/C26H31N5O4S/c1-6-31-23(22(16(2)3)28-24(33)18-10-7-9-17(4)13-18)29-30-26(31)36-15-21(32)27-20-12-8-11-19(14-20)25(34)35-5/h7-14,16,22H,6,15H2,1-5H3,(H,27,32)(H,28,33)/t22-/m1/s1. The Morgan fingerprint density at radius 3 is 2.44 bits per heavy atom. The maximum atomic E-state index is 12.9. The molecule has 36 heavy (non-hydrogen) atoms. The molecule has 1 atom stereocenters. The molecule has 2 N–H and O–H groups in total. The van der Waals surface area contributed by atoms with Crippen molar-refractivity contribution in [3.05, 3.63) is 71.0 Å². The van der Waals surface area contributed by atoms with Crippen LogP contribution in [0.15, 0.2) is 53.7 Å². The Bertz CT molecular complexity index is 1240. The largest absolute Gasteiger partial charge is 0.465 e. The molecular formula is C26H31N5O4S. The van der Waals surface area contributed by atoms with Crippen molar-refractivity contribution >= 4 is 35.2 Å². The summed E-state index contributed by atoms with van der Waals surface area (Å²) in [5.41, 5.74) is 2.45. The molecule has 2 aromatic carbocycles. The number of aromatic nitrogens is 3. The Hall–Kier alpha value is -3.66. The number of methoxy groups -OCH3 is 1. The molecule has 0 saturated heterocycles. The number of thioether (sulfide) groups is 1. The maximum absolute atomic E-state index is 12.9. The van der Waals surface area contributed by atoms with Crippen LogP contribution in [0.1, 0.15) is 58.9 Å². The smallest absolute Gasteiger partial charge is 0.337 e. The van der Waals surface area contributed by atoms with Gasteiger partial charge in [0, 0.05) is 17.8 Å². The predicted molar refractivity (Wildman–Crippen MR) is 139 cm³/mol. The molecule has 0 aliphatic rings. The van der Waals surface area contributed by atoms with Crippen LogP contribution in [0.5, 0.6) is 0 Å². The summed E-state index contributed by atoms with van der Waals surface area (Å²) in [5, 5.41) is 15.1. The lowest BCUT2D eigenvalue weighted by Crippen LogP contribution is -2.33. The van der Waals surface area contributed by atoms with Crippen molar-refractivity contribution in [3.8, 4) is 0 Å². The van der Waals surface area contributed by atoms with E-state index in [1.165, 1.54) is 18.9 Å². The Labute approximate surface area is 215 Å². The molecule has 1 heterocycles. The first kappa shape index (κ1) is 26.9. The molecule has 0 unspecified atom stereocenters. The van der Waals surface area contributed by atoms with Crippen LogP contribution in [0.2, 0.25) is 0 Å². The number of amides is 2. The van der Waals surface area contributed by atoms with Crippen LogP contribution in [0.25, 0.3) is 0 Å². The molecule has 0 bridgehead atoms. The van der Waals surface area contributed by atoms with Gasteiger partial charge in [0.15, 0.2) is 11.0 Å². The van der Waals surface area contributed by atoms with Crippen molar-refractivity contribution in [1.82, 2.24) is 20.1 Å². The fourth-order valence-corrected chi connectivity index (χ4v) is 4.45. The molecule has 9 nitrogen and oxygen atoms in total. The van der Waals surface area contributed by atoms with Crippen molar-refractivity contribution in [1.29, 1.82) is 0 Å². The van der Waals surface area contributed by atoms with Crippen LogP contribution >= 0.6 is 11.8 Å². The number of nitrogens with zero attached hydrogens (tertiary/aromatic N) is 3. The first-order valence-electron chi connectivity index (χ1n) is 11.6. The Morgan fingerprint density at radius 1 is 1.06 bits per heavy atom. The lowest BCUT2D eigenvalue weighted by molar-refractivity contribution is -0.113. The molecule has 0 fully saturated rings. The molecule has 0 aliphatic carbocycles. The molecule has 3 aromatic rings. The molecule has 3 rings (SSSR count). The molecule has 0 spiro atoms. The number of nitrogens with one attached hydrogen (secondary N) is 2. The lowest BCUT2D eigenvalue weighted by Gasteiger charge is -2.22. The second-order valence-electron chi connectivity index (χ2n) is 8.56. The van der Waals surface area contributed by atoms with Crippen LogP contribution in [-0.2, 0) is 16.1 Å². The Balaban J connectivity index is 1.70. The van der Waals surface area contributed by atoms with E-state index >= 15 is 0 Å². The van der Waals surface area contributed by atoms with E-state index in [0.29, 0.717) is 34.3 Å². The summed E-state index contributed by atoms with van der Waals surface area (Å²) in [6.07, 6.45) is 0. The second-order valence-corrected chi connectivity index (χ2v) is 9.50. The monoisotopic (exact) mass is 509 g/mol. The zero-order chi connectivity index (χ0) is 26.2. The highest BCUT2D eigenvalue weighted by Crippen LogP contribution is 2.26. The number of benzene rings is 2. The number of ether oxygens (including phenoxy) is 1. The van der Waals surface area contributed by atoms with Gasteiger partial charge in [0.2, 0.25) is 5.91 Å². The first-order chi connectivity index (χ1) is 17.2. The van der Waals surface area contributed by atoms with Crippen molar-refractivity contribution in [3.63, 3.8) is 0 Å². The minimum atomic E-state index is -0.474. The molecule has 10 heteroatoms. The van der Waals surface area contributed by atoms with Crippen LogP contribution in [0, 0.1) is 12.8 Å². The highest BCUT2D eigenvalue weighted by Gasteiger charge is 2.26. The number of hydrogen-bond acceptors (Lipinski definition) is 7. The quantitative estimate of drug-likeness (QED) is 0.310. The Morgan fingerprint density at radius 2 is 1.78 bits per heavy atom. The predicted octanol–water partition coefficient (Wildman–Crippen LogP) is 4.25.